The van der Waals surface area contributed by atoms with Crippen LogP contribution in [0.15, 0.2) is 30.6 Å². The van der Waals surface area contributed by atoms with Crippen LogP contribution >= 0.6 is 0 Å². The fourth-order valence-corrected chi connectivity index (χ4v) is 2.84. The maximum atomic E-state index is 13.0. The summed E-state index contributed by atoms with van der Waals surface area (Å²) in [5.41, 5.74) is 11.8. The van der Waals surface area contributed by atoms with Crippen LogP contribution in [0.5, 0.6) is 0 Å². The molecule has 0 unspecified atom stereocenters. The number of hydrazine groups is 1. The summed E-state index contributed by atoms with van der Waals surface area (Å²) >= 11 is 0. The molecule has 0 aliphatic carbocycles. The van der Waals surface area contributed by atoms with E-state index in [9.17, 15) is 14.0 Å². The molecular formula is C18H22FN7O3. The fraction of sp³-hybridized carbons (Fsp3) is 0.333. The number of nitrogen functional groups attached to an aromatic ring is 1. The molecule has 2 aromatic rings. The van der Waals surface area contributed by atoms with Crippen molar-refractivity contribution < 1.29 is 18.7 Å². The molecule has 0 spiro atoms. The monoisotopic (exact) mass is 403 g/mol. The summed E-state index contributed by atoms with van der Waals surface area (Å²) in [6.07, 6.45) is 0.990. The Bertz CT molecular complexity index is 870. The molecule has 0 radical (unpaired) electrons. The number of benzene rings is 1. The standard InChI is InChI=1S/C18H22FN7O3/c1-2-29-18(28)26-9-7-25(8-10-26)16-14(20)15(21-11-22-16)23-24-17(27)12-3-5-13(19)6-4-12/h3-6,11H,2,7-10,20H2,1H3,(H,24,27)(H,21,22,23). The number of piperazine rings is 1. The number of ether oxygens (including phenoxy) is 1. The molecule has 11 heteroatoms. The summed E-state index contributed by atoms with van der Waals surface area (Å²) in [5.74, 6) is -0.157. The molecule has 10 nitrogen and oxygen atoms in total. The number of hydrogen-bond donors (Lipinski definition) is 3. The molecule has 29 heavy (non-hydrogen) atoms. The van der Waals surface area contributed by atoms with E-state index in [2.05, 4.69) is 20.8 Å². The highest BCUT2D eigenvalue weighted by atomic mass is 19.1. The highest BCUT2D eigenvalue weighted by Gasteiger charge is 2.24. The maximum Gasteiger partial charge on any atom is 0.409 e. The lowest BCUT2D eigenvalue weighted by Gasteiger charge is -2.35. The van der Waals surface area contributed by atoms with Gasteiger partial charge >= 0.3 is 6.09 Å². The molecular weight excluding hydrogens is 381 g/mol. The molecule has 4 N–H and O–H groups in total. The van der Waals surface area contributed by atoms with Crippen molar-refractivity contribution in [2.75, 3.05) is 48.8 Å². The minimum atomic E-state index is -0.465. The summed E-state index contributed by atoms with van der Waals surface area (Å²) < 4.78 is 18.0. The third-order valence-corrected chi connectivity index (χ3v) is 4.37. The van der Waals surface area contributed by atoms with Crippen LogP contribution in [0, 0.1) is 5.82 Å². The van der Waals surface area contributed by atoms with E-state index in [1.807, 2.05) is 4.90 Å². The molecule has 0 saturated carbocycles. The Kier molecular flexibility index (Phi) is 6.27. The van der Waals surface area contributed by atoms with Gasteiger partial charge in [-0.1, -0.05) is 0 Å². The Labute approximate surface area is 166 Å². The summed E-state index contributed by atoms with van der Waals surface area (Å²) in [6, 6.07) is 5.12. The number of amides is 2. The average molecular weight is 403 g/mol. The number of anilines is 3. The van der Waals surface area contributed by atoms with E-state index in [-0.39, 0.29) is 23.2 Å². The van der Waals surface area contributed by atoms with E-state index < -0.39 is 11.7 Å². The minimum absolute atomic E-state index is 0.235. The largest absolute Gasteiger partial charge is 0.450 e. The number of nitrogens with two attached hydrogens (primary N) is 1. The number of carbonyl (C=O) groups excluding carboxylic acids is 2. The Balaban J connectivity index is 1.62. The number of nitrogens with one attached hydrogen (secondary N) is 2. The van der Waals surface area contributed by atoms with Gasteiger partial charge in [0.15, 0.2) is 11.6 Å². The molecule has 0 bridgehead atoms. The molecule has 3 rings (SSSR count). The third-order valence-electron chi connectivity index (χ3n) is 4.37. The van der Waals surface area contributed by atoms with E-state index in [1.165, 1.54) is 30.6 Å². The van der Waals surface area contributed by atoms with E-state index >= 15 is 0 Å². The zero-order valence-corrected chi connectivity index (χ0v) is 15.9. The fourth-order valence-electron chi connectivity index (χ4n) is 2.84. The SMILES string of the molecule is CCOC(=O)N1CCN(c2ncnc(NNC(=O)c3ccc(F)cc3)c2N)CC1. The molecule has 0 atom stereocenters. The van der Waals surface area contributed by atoms with Crippen molar-refractivity contribution in [3.8, 4) is 0 Å². The molecule has 1 saturated heterocycles. The second-order valence-electron chi connectivity index (χ2n) is 6.22. The van der Waals surface area contributed by atoms with Crippen molar-refractivity contribution in [1.82, 2.24) is 20.3 Å². The molecule has 1 aromatic carbocycles. The number of carbonyl (C=O) groups is 2. The summed E-state index contributed by atoms with van der Waals surface area (Å²) in [6.45, 7) is 4.11. The van der Waals surface area contributed by atoms with Crippen molar-refractivity contribution in [3.63, 3.8) is 0 Å². The lowest BCUT2D eigenvalue weighted by molar-refractivity contribution is 0.0962. The van der Waals surface area contributed by atoms with Gasteiger partial charge in [0.05, 0.1) is 6.61 Å². The first-order valence-corrected chi connectivity index (χ1v) is 9.08. The first kappa shape index (κ1) is 20.1. The van der Waals surface area contributed by atoms with Crippen LogP contribution in [0.1, 0.15) is 17.3 Å². The van der Waals surface area contributed by atoms with Crippen LogP contribution in [-0.4, -0.2) is 59.7 Å². The number of rotatable bonds is 5. The van der Waals surface area contributed by atoms with Crippen LogP contribution in [-0.2, 0) is 4.74 Å². The van der Waals surface area contributed by atoms with Crippen molar-refractivity contribution in [2.24, 2.45) is 0 Å². The van der Waals surface area contributed by atoms with Crippen LogP contribution in [0.25, 0.3) is 0 Å². The Morgan fingerprint density at radius 2 is 1.86 bits per heavy atom. The van der Waals surface area contributed by atoms with E-state index in [4.69, 9.17) is 10.5 Å². The topological polar surface area (TPSA) is 126 Å². The lowest BCUT2D eigenvalue weighted by Crippen LogP contribution is -2.49. The number of halogens is 1. The second kappa shape index (κ2) is 9.04. The van der Waals surface area contributed by atoms with Gasteiger partial charge in [-0.05, 0) is 31.2 Å². The molecule has 1 aliphatic rings. The Hall–Kier alpha value is -3.63. The molecule has 154 valence electrons. The smallest absolute Gasteiger partial charge is 0.409 e. The van der Waals surface area contributed by atoms with Gasteiger partial charge in [0, 0.05) is 31.7 Å². The normalized spacial score (nSPS) is 13.7. The quantitative estimate of drug-likeness (QED) is 0.637. The van der Waals surface area contributed by atoms with Gasteiger partial charge in [-0.2, -0.15) is 0 Å². The van der Waals surface area contributed by atoms with Crippen LogP contribution < -0.4 is 21.5 Å². The Morgan fingerprint density at radius 3 is 2.52 bits per heavy atom. The first-order chi connectivity index (χ1) is 14.0. The molecule has 2 amide bonds. The zero-order chi connectivity index (χ0) is 20.8. The van der Waals surface area contributed by atoms with Gasteiger partial charge in [0.1, 0.15) is 17.8 Å². The molecule has 1 aliphatic heterocycles. The number of hydrogen-bond acceptors (Lipinski definition) is 8. The highest BCUT2D eigenvalue weighted by Crippen LogP contribution is 2.26. The first-order valence-electron chi connectivity index (χ1n) is 9.08. The van der Waals surface area contributed by atoms with Crippen LogP contribution in [0.4, 0.5) is 26.5 Å². The second-order valence-corrected chi connectivity index (χ2v) is 6.22. The maximum absolute atomic E-state index is 13.0. The predicted octanol–water partition coefficient (Wildman–Crippen LogP) is 1.23. The third kappa shape index (κ3) is 4.81. The van der Waals surface area contributed by atoms with Crippen molar-refractivity contribution in [2.45, 2.75) is 6.92 Å². The highest BCUT2D eigenvalue weighted by molar-refractivity contribution is 5.95. The molecule has 1 aromatic heterocycles. The van der Waals surface area contributed by atoms with Crippen LogP contribution in [0.3, 0.4) is 0 Å². The summed E-state index contributed by atoms with van der Waals surface area (Å²) in [4.78, 5) is 35.8. The molecule has 2 heterocycles. The van der Waals surface area contributed by atoms with E-state index in [0.29, 0.717) is 38.6 Å². The van der Waals surface area contributed by atoms with Crippen molar-refractivity contribution in [1.29, 1.82) is 0 Å². The molecule has 1 fully saturated rings. The summed E-state index contributed by atoms with van der Waals surface area (Å²) in [5, 5.41) is 0. The van der Waals surface area contributed by atoms with Gasteiger partial charge < -0.3 is 20.3 Å². The number of nitrogens with zero attached hydrogens (tertiary/aromatic N) is 4. The van der Waals surface area contributed by atoms with Gasteiger partial charge in [0.2, 0.25) is 0 Å². The predicted molar refractivity (Wildman–Crippen MR) is 105 cm³/mol. The van der Waals surface area contributed by atoms with Crippen molar-refractivity contribution in [3.05, 3.63) is 42.0 Å². The lowest BCUT2D eigenvalue weighted by atomic mass is 10.2. The average Bonchev–Trinajstić information content (AvgIpc) is 2.73. The van der Waals surface area contributed by atoms with Gasteiger partial charge in [-0.15, -0.1) is 0 Å². The zero-order valence-electron chi connectivity index (χ0n) is 15.9. The van der Waals surface area contributed by atoms with E-state index in [0.717, 1.165) is 0 Å². The van der Waals surface area contributed by atoms with Crippen molar-refractivity contribution >= 4 is 29.3 Å². The summed E-state index contributed by atoms with van der Waals surface area (Å²) in [7, 11) is 0. The van der Waals surface area contributed by atoms with Crippen LogP contribution in [0.2, 0.25) is 0 Å². The number of aromatic nitrogens is 2. The van der Waals surface area contributed by atoms with E-state index in [1.54, 1.807) is 11.8 Å². The van der Waals surface area contributed by atoms with Gasteiger partial charge in [-0.25, -0.2) is 19.2 Å². The van der Waals surface area contributed by atoms with Gasteiger partial charge in [0.25, 0.3) is 5.91 Å². The minimum Gasteiger partial charge on any atom is -0.450 e. The Morgan fingerprint density at radius 1 is 1.17 bits per heavy atom. The van der Waals surface area contributed by atoms with Gasteiger partial charge in [-0.3, -0.25) is 15.6 Å².